The molecule has 1 aromatic rings. The third kappa shape index (κ3) is 5.94. The van der Waals surface area contributed by atoms with E-state index in [0.29, 0.717) is 37.4 Å². The Morgan fingerprint density at radius 1 is 1.36 bits per heavy atom. The van der Waals surface area contributed by atoms with Crippen LogP contribution in [0.4, 0.5) is 0 Å². The second-order valence-electron chi connectivity index (χ2n) is 6.07. The number of nitrogens with one attached hydrogen (secondary N) is 2. The van der Waals surface area contributed by atoms with E-state index < -0.39 is 16.1 Å². The van der Waals surface area contributed by atoms with Gasteiger partial charge in [0, 0.05) is 19.1 Å². The van der Waals surface area contributed by atoms with Gasteiger partial charge in [-0.3, -0.25) is 4.79 Å². The van der Waals surface area contributed by atoms with Gasteiger partial charge in [-0.05, 0) is 31.3 Å². The molecule has 25 heavy (non-hydrogen) atoms. The van der Waals surface area contributed by atoms with Gasteiger partial charge in [0.15, 0.2) is 0 Å². The number of hydrogen-bond acceptors (Lipinski definition) is 8. The third-order valence-corrected chi connectivity index (χ3v) is 4.81. The van der Waals surface area contributed by atoms with E-state index >= 15 is 0 Å². The zero-order valence-corrected chi connectivity index (χ0v) is 15.3. The smallest absolute Gasteiger partial charge is 0.278 e. The first kappa shape index (κ1) is 19.6. The van der Waals surface area contributed by atoms with Gasteiger partial charge < -0.3 is 14.8 Å². The maximum Gasteiger partial charge on any atom is 0.278 e. The Bertz CT molecular complexity index is 677. The molecule has 10 nitrogen and oxygen atoms in total. The van der Waals surface area contributed by atoms with Crippen LogP contribution in [0.25, 0.3) is 0 Å². The van der Waals surface area contributed by atoms with Crippen molar-refractivity contribution >= 4 is 15.9 Å². The summed E-state index contributed by atoms with van der Waals surface area (Å²) in [5.74, 6) is -0.109. The number of aromatic nitrogens is 2. The molecule has 1 fully saturated rings. The number of sulfonamides is 1. The van der Waals surface area contributed by atoms with Crippen molar-refractivity contribution in [3.05, 3.63) is 5.69 Å². The molecule has 0 aliphatic heterocycles. The number of methoxy groups -OCH3 is 1. The van der Waals surface area contributed by atoms with Gasteiger partial charge >= 0.3 is 0 Å². The van der Waals surface area contributed by atoms with Gasteiger partial charge in [-0.1, -0.05) is 5.16 Å². The molecule has 0 radical (unpaired) electrons. The fourth-order valence-corrected chi connectivity index (χ4v) is 3.68. The Morgan fingerprint density at radius 2 is 2.12 bits per heavy atom. The Morgan fingerprint density at radius 3 is 2.72 bits per heavy atom. The van der Waals surface area contributed by atoms with Crippen LogP contribution in [0.3, 0.4) is 0 Å². The highest BCUT2D eigenvalue weighted by molar-refractivity contribution is 7.88. The number of nitrogens with zero attached hydrogens (tertiary/aromatic N) is 2. The number of ether oxygens (including phenoxy) is 2. The van der Waals surface area contributed by atoms with Gasteiger partial charge in [-0.15, -0.1) is 0 Å². The third-order valence-electron chi connectivity index (χ3n) is 4.08. The lowest BCUT2D eigenvalue weighted by Gasteiger charge is -2.34. The lowest BCUT2D eigenvalue weighted by Crippen LogP contribution is -2.50. The molecule has 1 amide bonds. The minimum atomic E-state index is -3.37. The van der Waals surface area contributed by atoms with Crippen LogP contribution in [-0.4, -0.2) is 63.3 Å². The molecule has 142 valence electrons. The summed E-state index contributed by atoms with van der Waals surface area (Å²) in [6.45, 7) is 2.24. The SMILES string of the molecule is CO[C@@H]1CC[C@H](C(=O)NCCOc2nonc2C)C[C@H]1NS(C)(=O)=O. The molecular formula is C14H24N4O6S. The molecule has 2 N–H and O–H groups in total. The Hall–Kier alpha value is -1.72. The highest BCUT2D eigenvalue weighted by atomic mass is 32.2. The Balaban J connectivity index is 1.79. The van der Waals surface area contributed by atoms with Crippen molar-refractivity contribution in [2.24, 2.45) is 5.92 Å². The predicted molar refractivity (Wildman–Crippen MR) is 87.4 cm³/mol. The van der Waals surface area contributed by atoms with E-state index in [-0.39, 0.29) is 24.5 Å². The van der Waals surface area contributed by atoms with Crippen molar-refractivity contribution in [3.8, 4) is 5.88 Å². The summed E-state index contributed by atoms with van der Waals surface area (Å²) in [7, 11) is -1.83. The van der Waals surface area contributed by atoms with Crippen LogP contribution in [0.5, 0.6) is 5.88 Å². The maximum atomic E-state index is 12.3. The van der Waals surface area contributed by atoms with Gasteiger partial charge in [-0.2, -0.15) is 0 Å². The molecule has 1 aliphatic carbocycles. The van der Waals surface area contributed by atoms with Crippen LogP contribution >= 0.6 is 0 Å². The second-order valence-corrected chi connectivity index (χ2v) is 7.85. The lowest BCUT2D eigenvalue weighted by molar-refractivity contribution is -0.127. The van der Waals surface area contributed by atoms with Crippen LogP contribution in [0.1, 0.15) is 25.0 Å². The zero-order valence-electron chi connectivity index (χ0n) is 14.5. The number of aryl methyl sites for hydroxylation is 1. The largest absolute Gasteiger partial charge is 0.472 e. The quantitative estimate of drug-likeness (QED) is 0.586. The molecular weight excluding hydrogens is 352 g/mol. The standard InChI is InChI=1S/C14H24N4O6S/c1-9-14(17-24-16-9)23-7-6-15-13(19)10-4-5-12(22-2)11(8-10)18-25(3,20)21/h10-12,18H,4-8H2,1-3H3,(H,15,19)/t10-,11+,12+/m0/s1. The van der Waals surface area contributed by atoms with E-state index in [1.54, 1.807) is 14.0 Å². The van der Waals surface area contributed by atoms with Gasteiger partial charge in [0.25, 0.3) is 5.88 Å². The van der Waals surface area contributed by atoms with E-state index in [4.69, 9.17) is 9.47 Å². The minimum Gasteiger partial charge on any atom is -0.472 e. The molecule has 1 heterocycles. The molecule has 1 aliphatic rings. The molecule has 0 spiro atoms. The average molecular weight is 376 g/mol. The number of carbonyl (C=O) groups is 1. The van der Waals surface area contributed by atoms with Gasteiger partial charge in [-0.25, -0.2) is 17.8 Å². The first-order valence-corrected chi connectivity index (χ1v) is 9.89. The summed E-state index contributed by atoms with van der Waals surface area (Å²) in [6.07, 6.45) is 2.51. The molecule has 2 rings (SSSR count). The summed E-state index contributed by atoms with van der Waals surface area (Å²) in [5.41, 5.74) is 0.541. The first-order chi connectivity index (χ1) is 11.8. The van der Waals surface area contributed by atoms with Gasteiger partial charge in [0.2, 0.25) is 15.9 Å². The van der Waals surface area contributed by atoms with Gasteiger partial charge in [0.1, 0.15) is 12.3 Å². The number of amides is 1. The molecule has 3 atom stereocenters. The highest BCUT2D eigenvalue weighted by Crippen LogP contribution is 2.27. The van der Waals surface area contributed by atoms with Crippen molar-refractivity contribution in [2.75, 3.05) is 26.5 Å². The average Bonchev–Trinajstić information content (AvgIpc) is 2.95. The van der Waals surface area contributed by atoms with E-state index in [0.717, 1.165) is 6.26 Å². The lowest BCUT2D eigenvalue weighted by atomic mass is 9.83. The van der Waals surface area contributed by atoms with Crippen molar-refractivity contribution in [1.29, 1.82) is 0 Å². The van der Waals surface area contributed by atoms with Gasteiger partial charge in [0.05, 0.1) is 18.9 Å². The number of rotatable bonds is 8. The van der Waals surface area contributed by atoms with Crippen LogP contribution in [0, 0.1) is 12.8 Å². The molecule has 11 heteroatoms. The molecule has 1 saturated carbocycles. The van der Waals surface area contributed by atoms with E-state index in [2.05, 4.69) is 25.0 Å². The fourth-order valence-electron chi connectivity index (χ4n) is 2.88. The van der Waals surface area contributed by atoms with Crippen LogP contribution in [0.15, 0.2) is 4.63 Å². The van der Waals surface area contributed by atoms with Crippen LogP contribution in [0.2, 0.25) is 0 Å². The number of hydrogen-bond donors (Lipinski definition) is 2. The molecule has 0 unspecified atom stereocenters. The summed E-state index contributed by atoms with van der Waals surface area (Å²) in [6, 6.07) is -0.412. The van der Waals surface area contributed by atoms with Crippen molar-refractivity contribution in [2.45, 2.75) is 38.3 Å². The van der Waals surface area contributed by atoms with Crippen molar-refractivity contribution in [1.82, 2.24) is 20.4 Å². The maximum absolute atomic E-state index is 12.3. The minimum absolute atomic E-state index is 0.131. The Labute approximate surface area is 146 Å². The summed E-state index contributed by atoms with van der Waals surface area (Å²) in [4.78, 5) is 12.3. The molecule has 0 bridgehead atoms. The molecule has 0 saturated heterocycles. The molecule has 0 aromatic carbocycles. The Kier molecular flexibility index (Phi) is 6.73. The summed E-state index contributed by atoms with van der Waals surface area (Å²) >= 11 is 0. The van der Waals surface area contributed by atoms with Crippen molar-refractivity contribution < 1.29 is 27.3 Å². The normalized spacial score (nSPS) is 24.0. The predicted octanol–water partition coefficient (Wildman–Crippen LogP) is -0.394. The first-order valence-electron chi connectivity index (χ1n) is 8.00. The number of carbonyl (C=O) groups excluding carboxylic acids is 1. The fraction of sp³-hybridized carbons (Fsp3) is 0.786. The van der Waals surface area contributed by atoms with Crippen LogP contribution in [-0.2, 0) is 19.6 Å². The second kappa shape index (κ2) is 8.59. The van der Waals surface area contributed by atoms with Crippen molar-refractivity contribution in [3.63, 3.8) is 0 Å². The molecule has 1 aromatic heterocycles. The van der Waals surface area contributed by atoms with E-state index in [1.807, 2.05) is 0 Å². The highest BCUT2D eigenvalue weighted by Gasteiger charge is 2.35. The summed E-state index contributed by atoms with van der Waals surface area (Å²) in [5, 5.41) is 9.96. The zero-order chi connectivity index (χ0) is 18.4. The van der Waals surface area contributed by atoms with E-state index in [9.17, 15) is 13.2 Å². The monoisotopic (exact) mass is 376 g/mol. The topological polar surface area (TPSA) is 133 Å². The van der Waals surface area contributed by atoms with Crippen LogP contribution < -0.4 is 14.8 Å². The van der Waals surface area contributed by atoms with E-state index in [1.165, 1.54) is 0 Å². The summed E-state index contributed by atoms with van der Waals surface area (Å²) < 4.78 is 40.7.